The Labute approximate surface area is 271 Å². The first-order chi connectivity index (χ1) is 22.4. The summed E-state index contributed by atoms with van der Waals surface area (Å²) in [4.78, 5) is 54.6. The molecule has 0 aliphatic carbocycles. The third-order valence-electron chi connectivity index (χ3n) is 7.86. The minimum Gasteiger partial charge on any atom is -0.483 e. The first kappa shape index (κ1) is 35.2. The van der Waals surface area contributed by atoms with Crippen molar-refractivity contribution in [2.45, 2.75) is 18.4 Å². The van der Waals surface area contributed by atoms with Gasteiger partial charge in [-0.2, -0.15) is 4.39 Å². The van der Waals surface area contributed by atoms with E-state index < -0.39 is 35.8 Å². The fourth-order valence-electron chi connectivity index (χ4n) is 5.36. The Morgan fingerprint density at radius 3 is 2.34 bits per heavy atom. The van der Waals surface area contributed by atoms with Gasteiger partial charge in [0.15, 0.2) is 17.4 Å². The molecule has 2 aromatic carbocycles. The number of hydrogen-bond donors (Lipinski definition) is 4. The number of carboxylic acid groups (broad SMARTS) is 1. The molecule has 0 spiro atoms. The number of aromatic nitrogens is 2. The number of anilines is 1. The van der Waals surface area contributed by atoms with Crippen molar-refractivity contribution < 1.29 is 47.3 Å². The number of piperazine rings is 1. The van der Waals surface area contributed by atoms with Crippen LogP contribution in [0, 0.1) is 11.6 Å². The molecule has 0 bridgehead atoms. The van der Waals surface area contributed by atoms with Crippen molar-refractivity contribution in [3.63, 3.8) is 0 Å². The molecule has 0 unspecified atom stereocenters. The van der Waals surface area contributed by atoms with Crippen LogP contribution in [0.1, 0.15) is 33.8 Å². The molecule has 3 aromatic rings. The first-order valence-electron chi connectivity index (χ1n) is 14.3. The van der Waals surface area contributed by atoms with E-state index in [9.17, 15) is 32.7 Å². The molecule has 47 heavy (non-hydrogen) atoms. The highest BCUT2D eigenvalue weighted by molar-refractivity contribution is 6.34. The van der Waals surface area contributed by atoms with E-state index in [-0.39, 0.29) is 77.8 Å². The van der Waals surface area contributed by atoms with Crippen molar-refractivity contribution in [3.05, 3.63) is 64.6 Å². The molecule has 3 amide bonds. The fraction of sp³-hybridized carbons (Fsp3) is 0.367. The average molecular weight is 681 g/mol. The Kier molecular flexibility index (Phi) is 11.4. The van der Waals surface area contributed by atoms with Gasteiger partial charge in [-0.05, 0) is 56.3 Å². The van der Waals surface area contributed by atoms with E-state index in [1.165, 1.54) is 42.1 Å². The number of alkyl halides is 1. The lowest BCUT2D eigenvalue weighted by Crippen LogP contribution is -2.59. The Balaban J connectivity index is 0.00000160. The van der Waals surface area contributed by atoms with Crippen molar-refractivity contribution in [1.82, 2.24) is 24.7 Å². The lowest BCUT2D eigenvalue weighted by molar-refractivity contribution is -0.155. The highest BCUT2D eigenvalue weighted by atomic mass is 35.5. The van der Waals surface area contributed by atoms with Crippen molar-refractivity contribution in [1.29, 1.82) is 0 Å². The van der Waals surface area contributed by atoms with Crippen LogP contribution >= 0.6 is 11.6 Å². The monoisotopic (exact) mass is 680 g/mol. The van der Waals surface area contributed by atoms with Crippen LogP contribution < -0.4 is 15.4 Å². The quantitative estimate of drug-likeness (QED) is 0.275. The van der Waals surface area contributed by atoms with Gasteiger partial charge in [0.05, 0.1) is 22.5 Å². The molecule has 2 fully saturated rings. The van der Waals surface area contributed by atoms with Crippen molar-refractivity contribution >= 4 is 41.5 Å². The van der Waals surface area contributed by atoms with E-state index in [4.69, 9.17) is 21.5 Å². The molecule has 2 aliphatic rings. The number of hydrogen-bond acceptors (Lipinski definition) is 8. The highest BCUT2D eigenvalue weighted by Crippen LogP contribution is 2.31. The van der Waals surface area contributed by atoms with Crippen molar-refractivity contribution in [3.8, 4) is 17.0 Å². The molecule has 17 heteroatoms. The molecule has 4 N–H and O–H groups in total. The van der Waals surface area contributed by atoms with E-state index in [1.54, 1.807) is 9.80 Å². The van der Waals surface area contributed by atoms with E-state index in [0.717, 1.165) is 6.07 Å². The molecular weight excluding hydrogens is 649 g/mol. The molecule has 1 aromatic heterocycles. The van der Waals surface area contributed by atoms with E-state index in [2.05, 4.69) is 20.4 Å². The smallest absolute Gasteiger partial charge is 0.291 e. The number of imidazole rings is 1. The predicted octanol–water partition coefficient (Wildman–Crippen LogP) is 2.68. The Morgan fingerprint density at radius 1 is 1.09 bits per heavy atom. The molecule has 0 radical (unpaired) electrons. The van der Waals surface area contributed by atoms with Gasteiger partial charge in [0.1, 0.15) is 5.60 Å². The number of nitrogens with one attached hydrogen (secondary N) is 2. The highest BCUT2D eigenvalue weighted by Gasteiger charge is 2.41. The molecule has 13 nitrogen and oxygen atoms in total. The molecular formula is C30H32ClF3N6O7. The van der Waals surface area contributed by atoms with E-state index in [1.807, 2.05) is 0 Å². The maximum absolute atomic E-state index is 14.6. The number of ether oxygens (including phenoxy) is 1. The number of amides is 3. The Morgan fingerprint density at radius 2 is 1.72 bits per heavy atom. The van der Waals surface area contributed by atoms with Crippen LogP contribution in [0.15, 0.2) is 36.5 Å². The third kappa shape index (κ3) is 7.66. The second kappa shape index (κ2) is 15.3. The predicted molar refractivity (Wildman–Crippen MR) is 163 cm³/mol. The van der Waals surface area contributed by atoms with Gasteiger partial charge in [-0.1, -0.05) is 11.6 Å². The van der Waals surface area contributed by atoms with Crippen LogP contribution in [0.3, 0.4) is 0 Å². The minimum absolute atomic E-state index is 0.0870. The van der Waals surface area contributed by atoms with Crippen LogP contribution in [0.25, 0.3) is 11.3 Å². The van der Waals surface area contributed by atoms with Gasteiger partial charge in [0.2, 0.25) is 12.7 Å². The van der Waals surface area contributed by atoms with Gasteiger partial charge in [-0.3, -0.25) is 19.2 Å². The normalized spacial score (nSPS) is 15.7. The number of rotatable bonds is 7. The number of carbonyl (C=O) groups is 4. The maximum Gasteiger partial charge on any atom is 0.291 e. The number of nitrogens with zero attached hydrogens (tertiary/aromatic N) is 4. The summed E-state index contributed by atoms with van der Waals surface area (Å²) in [7, 11) is 1.44. The summed E-state index contributed by atoms with van der Waals surface area (Å²) in [5, 5.41) is 23.5. The molecule has 2 aliphatic heterocycles. The van der Waals surface area contributed by atoms with Crippen LogP contribution in [-0.2, 0) is 16.6 Å². The van der Waals surface area contributed by atoms with Gasteiger partial charge in [0, 0.05) is 44.5 Å². The van der Waals surface area contributed by atoms with E-state index in [0.29, 0.717) is 25.9 Å². The molecule has 5 rings (SSSR count). The Bertz CT molecular complexity index is 1640. The molecule has 0 saturated carbocycles. The van der Waals surface area contributed by atoms with Gasteiger partial charge in [0.25, 0.3) is 24.2 Å². The van der Waals surface area contributed by atoms with E-state index >= 15 is 0 Å². The van der Waals surface area contributed by atoms with Gasteiger partial charge >= 0.3 is 0 Å². The van der Waals surface area contributed by atoms with Crippen LogP contribution in [-0.4, -0.2) is 105 Å². The molecule has 252 valence electrons. The van der Waals surface area contributed by atoms with Crippen molar-refractivity contribution in [2.24, 2.45) is 7.05 Å². The lowest BCUT2D eigenvalue weighted by atomic mass is 9.90. The summed E-state index contributed by atoms with van der Waals surface area (Å²) < 4.78 is 47.0. The second-order valence-electron chi connectivity index (χ2n) is 10.6. The van der Waals surface area contributed by atoms with Crippen molar-refractivity contribution in [2.75, 3.05) is 51.4 Å². The summed E-state index contributed by atoms with van der Waals surface area (Å²) >= 11 is 6.42. The largest absolute Gasteiger partial charge is 0.483 e. The topological polar surface area (TPSA) is 166 Å². The number of piperidine rings is 1. The molecule has 3 heterocycles. The zero-order valence-corrected chi connectivity index (χ0v) is 25.9. The first-order valence-corrected chi connectivity index (χ1v) is 14.7. The summed E-state index contributed by atoms with van der Waals surface area (Å²) in [6, 6.07) is 6.63. The van der Waals surface area contributed by atoms with Crippen LogP contribution in [0.4, 0.5) is 18.9 Å². The second-order valence-corrected chi connectivity index (χ2v) is 11.0. The third-order valence-corrected chi connectivity index (χ3v) is 8.18. The maximum atomic E-state index is 14.6. The summed E-state index contributed by atoms with van der Waals surface area (Å²) in [6.45, 7) is 0.653. The fourth-order valence-corrected chi connectivity index (χ4v) is 5.62. The van der Waals surface area contributed by atoms with Gasteiger partial charge in [-0.25, -0.2) is 13.8 Å². The molecule has 2 saturated heterocycles. The molecule has 0 atom stereocenters. The van der Waals surface area contributed by atoms with Gasteiger partial charge < -0.3 is 40.0 Å². The average Bonchev–Trinajstić information content (AvgIpc) is 3.44. The minimum atomic E-state index is -1.39. The number of carbonyl (C=O) groups excluding carboxylic acids is 3. The summed E-state index contributed by atoms with van der Waals surface area (Å²) in [5.41, 5.74) is -1.04. The summed E-state index contributed by atoms with van der Waals surface area (Å²) in [5.74, 6) is -4.70. The standard InChI is InChI=1S/C29H30ClF3N6O5.CH2O2/c1-37-21(19-4-5-22(44-16-31)24(33)23(19)32)15-35-25(37)26(40)36-17-2-3-18(20(30)14-17)27(41)38-10-12-39(13-11-38)28(42)29(43)6-8-34-9-7-29;2-1-3/h2-5,14-15,34,43H,6-13,16H2,1H3,(H,36,40);1H,(H,2,3). The van der Waals surface area contributed by atoms with Crippen LogP contribution in [0.2, 0.25) is 5.02 Å². The zero-order valence-electron chi connectivity index (χ0n) is 25.1. The number of aliphatic hydroxyl groups is 1. The number of halogens is 4. The Hall–Kier alpha value is -4.67. The van der Waals surface area contributed by atoms with Crippen LogP contribution in [0.5, 0.6) is 5.75 Å². The zero-order chi connectivity index (χ0) is 34.3. The SMILES string of the molecule is Cn1c(-c2ccc(OCF)c(F)c2F)cnc1C(=O)Nc1ccc(C(=O)N2CCN(C(=O)C3(O)CCNCC3)CC2)c(Cl)c1.O=CO. The summed E-state index contributed by atoms with van der Waals surface area (Å²) in [6.07, 6.45) is 1.88. The number of benzene rings is 2. The van der Waals surface area contributed by atoms with Gasteiger partial charge in [-0.15, -0.1) is 0 Å². The lowest BCUT2D eigenvalue weighted by Gasteiger charge is -2.40.